The average Bonchev–Trinajstić information content (AvgIpc) is 2.72. The third-order valence-electron chi connectivity index (χ3n) is 4.48. The summed E-state index contributed by atoms with van der Waals surface area (Å²) in [5, 5.41) is 11.2. The number of carbonyl (C=O) groups is 1. The van der Waals surface area contributed by atoms with E-state index in [4.69, 9.17) is 24.1 Å². The van der Waals surface area contributed by atoms with Crippen molar-refractivity contribution < 1.29 is 28.8 Å². The number of amides is 1. The summed E-state index contributed by atoms with van der Waals surface area (Å²) in [7, 11) is 0. The Morgan fingerprint density at radius 3 is 1.69 bits per heavy atom. The number of nitrogens with one attached hydrogen (secondary N) is 1. The van der Waals surface area contributed by atoms with Crippen LogP contribution in [0, 0.1) is 0 Å². The molecule has 29 heavy (non-hydrogen) atoms. The Balaban J connectivity index is 3.13. The van der Waals surface area contributed by atoms with E-state index in [9.17, 15) is 4.79 Å². The molecule has 0 saturated carbocycles. The van der Waals surface area contributed by atoms with Gasteiger partial charge in [0.25, 0.3) is 0 Å². The van der Waals surface area contributed by atoms with Crippen LogP contribution in [0.2, 0.25) is 0 Å². The highest BCUT2D eigenvalue weighted by Crippen LogP contribution is 2.11. The van der Waals surface area contributed by atoms with Gasteiger partial charge in [0.1, 0.15) is 0 Å². The van der Waals surface area contributed by atoms with Gasteiger partial charge in [-0.05, 0) is 6.42 Å². The van der Waals surface area contributed by atoms with E-state index >= 15 is 0 Å². The molecule has 0 aliphatic heterocycles. The first-order valence-corrected chi connectivity index (χ1v) is 11.6. The van der Waals surface area contributed by atoms with Gasteiger partial charge >= 0.3 is 6.09 Å². The Labute approximate surface area is 177 Å². The van der Waals surface area contributed by atoms with Crippen molar-refractivity contribution in [1.29, 1.82) is 0 Å². The van der Waals surface area contributed by atoms with Gasteiger partial charge in [0.15, 0.2) is 0 Å². The molecule has 0 spiro atoms. The second-order valence-corrected chi connectivity index (χ2v) is 7.16. The van der Waals surface area contributed by atoms with E-state index in [0.717, 1.165) is 12.8 Å². The molecule has 0 heterocycles. The summed E-state index contributed by atoms with van der Waals surface area (Å²) in [5.41, 5.74) is 0. The van der Waals surface area contributed by atoms with Gasteiger partial charge in [0.2, 0.25) is 0 Å². The molecule has 0 fully saturated rings. The third-order valence-corrected chi connectivity index (χ3v) is 4.48. The number of carbonyl (C=O) groups excluding carboxylic acids is 1. The number of unbranched alkanes of at least 4 members (excludes halogenated alkanes) is 10. The Kier molecular flexibility index (Phi) is 24.4. The van der Waals surface area contributed by atoms with Gasteiger partial charge in [-0.1, -0.05) is 71.1 Å². The molecule has 7 heteroatoms. The molecule has 0 aliphatic rings. The maximum absolute atomic E-state index is 11.5. The highest BCUT2D eigenvalue weighted by Gasteiger charge is 2.01. The molecule has 0 radical (unpaired) electrons. The van der Waals surface area contributed by atoms with Crippen molar-refractivity contribution in [2.24, 2.45) is 0 Å². The van der Waals surface area contributed by atoms with Crippen LogP contribution in [0.25, 0.3) is 0 Å². The summed E-state index contributed by atoms with van der Waals surface area (Å²) in [6.45, 7) is 5.84. The van der Waals surface area contributed by atoms with Crippen LogP contribution in [0.5, 0.6) is 0 Å². The largest absolute Gasteiger partial charge is 0.450 e. The van der Waals surface area contributed by atoms with Crippen LogP contribution in [-0.2, 0) is 18.9 Å². The smallest absolute Gasteiger partial charge is 0.407 e. The number of rotatable bonds is 23. The molecule has 0 aliphatic carbocycles. The van der Waals surface area contributed by atoms with Crippen LogP contribution >= 0.6 is 0 Å². The summed E-state index contributed by atoms with van der Waals surface area (Å²) < 4.78 is 20.9. The summed E-state index contributed by atoms with van der Waals surface area (Å²) in [6.07, 6.45) is 13.7. The van der Waals surface area contributed by atoms with E-state index < -0.39 is 0 Å². The van der Waals surface area contributed by atoms with Crippen molar-refractivity contribution >= 4 is 6.09 Å². The zero-order chi connectivity index (χ0) is 21.3. The molecule has 0 aromatic rings. The average molecular weight is 420 g/mol. The molecule has 0 aromatic heterocycles. The first-order valence-electron chi connectivity index (χ1n) is 11.6. The van der Waals surface area contributed by atoms with Crippen molar-refractivity contribution in [1.82, 2.24) is 5.32 Å². The first kappa shape index (κ1) is 28.1. The van der Waals surface area contributed by atoms with Gasteiger partial charge in [-0.2, -0.15) is 0 Å². The fraction of sp³-hybridized carbons (Fsp3) is 0.955. The highest BCUT2D eigenvalue weighted by atomic mass is 16.6. The van der Waals surface area contributed by atoms with Crippen molar-refractivity contribution in [2.75, 3.05) is 59.4 Å². The zero-order valence-corrected chi connectivity index (χ0v) is 18.6. The minimum absolute atomic E-state index is 0.0256. The Hall–Kier alpha value is -0.890. The molecule has 0 unspecified atom stereocenters. The monoisotopic (exact) mass is 419 g/mol. The van der Waals surface area contributed by atoms with Crippen molar-refractivity contribution in [2.45, 2.75) is 77.6 Å². The standard InChI is InChI=1S/C22H45NO6/c1-2-3-4-5-6-7-8-9-10-11-12-15-29-22(25)23-13-16-26-18-20-28-21-19-27-17-14-24/h24H,2-21H2,1H3,(H,23,25). The molecule has 174 valence electrons. The minimum Gasteiger partial charge on any atom is -0.450 e. The highest BCUT2D eigenvalue weighted by molar-refractivity contribution is 5.66. The molecular weight excluding hydrogens is 374 g/mol. The topological polar surface area (TPSA) is 86.3 Å². The zero-order valence-electron chi connectivity index (χ0n) is 18.6. The second kappa shape index (κ2) is 25.1. The molecule has 7 nitrogen and oxygen atoms in total. The van der Waals surface area contributed by atoms with Crippen molar-refractivity contribution in [3.8, 4) is 0 Å². The minimum atomic E-state index is -0.377. The number of hydrogen-bond donors (Lipinski definition) is 2. The molecule has 2 N–H and O–H groups in total. The SMILES string of the molecule is CCCCCCCCCCCCCOC(=O)NCCOCCOCCOCCO. The van der Waals surface area contributed by atoms with E-state index in [1.54, 1.807) is 0 Å². The predicted octanol–water partition coefficient (Wildman–Crippen LogP) is 4.07. The predicted molar refractivity (Wildman–Crippen MR) is 115 cm³/mol. The van der Waals surface area contributed by atoms with Crippen LogP contribution in [0.1, 0.15) is 77.6 Å². The molecule has 0 saturated heterocycles. The van der Waals surface area contributed by atoms with Crippen LogP contribution in [-0.4, -0.2) is 70.6 Å². The summed E-state index contributed by atoms with van der Waals surface area (Å²) in [4.78, 5) is 11.5. The second-order valence-electron chi connectivity index (χ2n) is 7.16. The summed E-state index contributed by atoms with van der Waals surface area (Å²) >= 11 is 0. The van der Waals surface area contributed by atoms with Gasteiger partial charge in [0.05, 0.1) is 52.9 Å². The Morgan fingerprint density at radius 1 is 0.655 bits per heavy atom. The van der Waals surface area contributed by atoms with E-state index in [0.29, 0.717) is 52.8 Å². The molecule has 0 bridgehead atoms. The van der Waals surface area contributed by atoms with Gasteiger partial charge < -0.3 is 29.4 Å². The van der Waals surface area contributed by atoms with Gasteiger partial charge in [-0.15, -0.1) is 0 Å². The number of ether oxygens (including phenoxy) is 4. The van der Waals surface area contributed by atoms with Gasteiger partial charge in [-0.25, -0.2) is 4.79 Å². The fourth-order valence-electron chi connectivity index (χ4n) is 2.81. The Morgan fingerprint density at radius 2 is 1.14 bits per heavy atom. The van der Waals surface area contributed by atoms with Crippen LogP contribution < -0.4 is 5.32 Å². The van der Waals surface area contributed by atoms with E-state index in [1.165, 1.54) is 57.8 Å². The fourth-order valence-corrected chi connectivity index (χ4v) is 2.81. The lowest BCUT2D eigenvalue weighted by Crippen LogP contribution is -2.28. The molecule has 1 amide bonds. The van der Waals surface area contributed by atoms with Crippen LogP contribution in [0.3, 0.4) is 0 Å². The van der Waals surface area contributed by atoms with Crippen LogP contribution in [0.15, 0.2) is 0 Å². The summed E-state index contributed by atoms with van der Waals surface area (Å²) in [6, 6.07) is 0. The number of aliphatic hydroxyl groups is 1. The van der Waals surface area contributed by atoms with Crippen molar-refractivity contribution in [3.63, 3.8) is 0 Å². The van der Waals surface area contributed by atoms with Gasteiger partial charge in [0, 0.05) is 6.54 Å². The first-order chi connectivity index (χ1) is 14.3. The summed E-state index contributed by atoms with van der Waals surface area (Å²) in [5.74, 6) is 0. The number of aliphatic hydroxyl groups excluding tert-OH is 1. The quantitative estimate of drug-likeness (QED) is 0.243. The molecule has 0 aromatic carbocycles. The lowest BCUT2D eigenvalue weighted by molar-refractivity contribution is 0.00816. The Bertz CT molecular complexity index is 330. The molecule has 0 atom stereocenters. The molecule has 0 rings (SSSR count). The lowest BCUT2D eigenvalue weighted by atomic mass is 10.1. The van der Waals surface area contributed by atoms with E-state index in [-0.39, 0.29) is 12.7 Å². The lowest BCUT2D eigenvalue weighted by Gasteiger charge is -2.08. The van der Waals surface area contributed by atoms with Gasteiger partial charge in [-0.3, -0.25) is 0 Å². The van der Waals surface area contributed by atoms with Crippen molar-refractivity contribution in [3.05, 3.63) is 0 Å². The maximum atomic E-state index is 11.5. The maximum Gasteiger partial charge on any atom is 0.407 e. The van der Waals surface area contributed by atoms with E-state index in [1.807, 2.05) is 0 Å². The van der Waals surface area contributed by atoms with Crippen LogP contribution in [0.4, 0.5) is 4.79 Å². The third kappa shape index (κ3) is 25.1. The van der Waals surface area contributed by atoms with E-state index in [2.05, 4.69) is 12.2 Å². The normalized spacial score (nSPS) is 11.0. The number of alkyl carbamates (subject to hydrolysis) is 1. The molecular formula is C22H45NO6. The number of hydrogen-bond acceptors (Lipinski definition) is 6.